The van der Waals surface area contributed by atoms with Crippen LogP contribution in [0.4, 0.5) is 5.69 Å². The SMILES string of the molecule is CCCNCc1cc(C)ccc1N(C)CC1(O)CCCC1. The third-order valence-corrected chi connectivity index (χ3v) is 4.45. The van der Waals surface area contributed by atoms with E-state index in [1.807, 2.05) is 0 Å². The molecule has 0 saturated heterocycles. The minimum absolute atomic E-state index is 0.492. The van der Waals surface area contributed by atoms with Crippen LogP contribution in [-0.4, -0.2) is 30.8 Å². The second-order valence-corrected chi connectivity index (χ2v) is 6.60. The van der Waals surface area contributed by atoms with Crippen LogP contribution in [0.5, 0.6) is 0 Å². The smallest absolute Gasteiger partial charge is 0.0821 e. The van der Waals surface area contributed by atoms with Gasteiger partial charge in [0.05, 0.1) is 5.60 Å². The summed E-state index contributed by atoms with van der Waals surface area (Å²) < 4.78 is 0. The molecule has 1 aromatic rings. The summed E-state index contributed by atoms with van der Waals surface area (Å²) in [5.41, 5.74) is 3.37. The van der Waals surface area contributed by atoms with Crippen molar-refractivity contribution in [3.05, 3.63) is 29.3 Å². The first-order valence-corrected chi connectivity index (χ1v) is 8.28. The van der Waals surface area contributed by atoms with Crippen molar-refractivity contribution in [3.63, 3.8) is 0 Å². The van der Waals surface area contributed by atoms with Crippen molar-refractivity contribution in [3.8, 4) is 0 Å². The van der Waals surface area contributed by atoms with Gasteiger partial charge in [0, 0.05) is 25.8 Å². The van der Waals surface area contributed by atoms with E-state index in [9.17, 15) is 5.11 Å². The Balaban J connectivity index is 2.09. The second-order valence-electron chi connectivity index (χ2n) is 6.60. The molecule has 1 aromatic carbocycles. The third-order valence-electron chi connectivity index (χ3n) is 4.45. The number of aryl methyl sites for hydroxylation is 1. The fourth-order valence-electron chi connectivity index (χ4n) is 3.35. The van der Waals surface area contributed by atoms with Gasteiger partial charge < -0.3 is 15.3 Å². The Labute approximate surface area is 129 Å². The van der Waals surface area contributed by atoms with Gasteiger partial charge in [0.1, 0.15) is 0 Å². The van der Waals surface area contributed by atoms with Crippen molar-refractivity contribution < 1.29 is 5.11 Å². The maximum atomic E-state index is 10.6. The molecule has 0 radical (unpaired) electrons. The van der Waals surface area contributed by atoms with Crippen molar-refractivity contribution >= 4 is 5.69 Å². The highest BCUT2D eigenvalue weighted by Crippen LogP contribution is 2.32. The van der Waals surface area contributed by atoms with Crippen molar-refractivity contribution in [1.82, 2.24) is 5.32 Å². The number of rotatable bonds is 7. The number of hydrogen-bond donors (Lipinski definition) is 2. The van der Waals surface area contributed by atoms with Crippen LogP contribution in [-0.2, 0) is 6.54 Å². The molecule has 118 valence electrons. The molecule has 0 atom stereocenters. The molecule has 0 spiro atoms. The van der Waals surface area contributed by atoms with E-state index in [1.54, 1.807) is 0 Å². The van der Waals surface area contributed by atoms with Crippen LogP contribution in [0.25, 0.3) is 0 Å². The van der Waals surface area contributed by atoms with E-state index in [0.717, 1.165) is 51.7 Å². The van der Waals surface area contributed by atoms with E-state index < -0.39 is 5.60 Å². The molecule has 1 saturated carbocycles. The summed E-state index contributed by atoms with van der Waals surface area (Å²) in [6, 6.07) is 6.61. The topological polar surface area (TPSA) is 35.5 Å². The summed E-state index contributed by atoms with van der Waals surface area (Å²) in [5.74, 6) is 0. The molecular weight excluding hydrogens is 260 g/mol. The molecule has 1 fully saturated rings. The molecule has 3 heteroatoms. The van der Waals surface area contributed by atoms with Gasteiger partial charge in [-0.2, -0.15) is 0 Å². The Bertz CT molecular complexity index is 453. The minimum Gasteiger partial charge on any atom is -0.388 e. The number of nitrogens with zero attached hydrogens (tertiary/aromatic N) is 1. The van der Waals surface area contributed by atoms with Crippen molar-refractivity contribution in [1.29, 1.82) is 0 Å². The quantitative estimate of drug-likeness (QED) is 0.757. The van der Waals surface area contributed by atoms with Gasteiger partial charge in [-0.3, -0.25) is 0 Å². The zero-order valence-corrected chi connectivity index (χ0v) is 13.8. The molecule has 0 unspecified atom stereocenters. The van der Waals surface area contributed by atoms with E-state index in [1.165, 1.54) is 16.8 Å². The lowest BCUT2D eigenvalue weighted by atomic mass is 10.0. The molecule has 0 heterocycles. The standard InChI is InChI=1S/C18H30N2O/c1-4-11-19-13-16-12-15(2)7-8-17(16)20(3)14-18(21)9-5-6-10-18/h7-8,12,19,21H,4-6,9-11,13-14H2,1-3H3. The normalized spacial score (nSPS) is 17.1. The highest BCUT2D eigenvalue weighted by Gasteiger charge is 2.32. The number of anilines is 1. The maximum Gasteiger partial charge on any atom is 0.0821 e. The number of aliphatic hydroxyl groups is 1. The van der Waals surface area contributed by atoms with Gasteiger partial charge in [0.2, 0.25) is 0 Å². The Morgan fingerprint density at radius 2 is 2.00 bits per heavy atom. The molecule has 0 bridgehead atoms. The lowest BCUT2D eigenvalue weighted by molar-refractivity contribution is 0.0559. The van der Waals surface area contributed by atoms with Crippen LogP contribution in [0.1, 0.15) is 50.2 Å². The number of benzene rings is 1. The zero-order chi connectivity index (χ0) is 15.3. The fraction of sp³-hybridized carbons (Fsp3) is 0.667. The first kappa shape index (κ1) is 16.3. The van der Waals surface area contributed by atoms with E-state index in [2.05, 4.69) is 49.3 Å². The van der Waals surface area contributed by atoms with Gasteiger partial charge in [-0.25, -0.2) is 0 Å². The highest BCUT2D eigenvalue weighted by molar-refractivity contribution is 5.54. The lowest BCUT2D eigenvalue weighted by Crippen LogP contribution is -2.39. The van der Waals surface area contributed by atoms with Crippen LogP contribution in [0, 0.1) is 6.92 Å². The van der Waals surface area contributed by atoms with Crippen LogP contribution < -0.4 is 10.2 Å². The average Bonchev–Trinajstić information content (AvgIpc) is 2.85. The number of nitrogens with one attached hydrogen (secondary N) is 1. The van der Waals surface area contributed by atoms with E-state index in [-0.39, 0.29) is 0 Å². The molecule has 2 N–H and O–H groups in total. The van der Waals surface area contributed by atoms with Crippen LogP contribution in [0.15, 0.2) is 18.2 Å². The van der Waals surface area contributed by atoms with Crippen molar-refractivity contribution in [2.45, 2.75) is 58.1 Å². The summed E-state index contributed by atoms with van der Waals surface area (Å²) in [5, 5.41) is 14.1. The third kappa shape index (κ3) is 4.45. The van der Waals surface area contributed by atoms with E-state index in [4.69, 9.17) is 0 Å². The minimum atomic E-state index is -0.492. The molecule has 0 aromatic heterocycles. The number of hydrogen-bond acceptors (Lipinski definition) is 3. The van der Waals surface area contributed by atoms with Crippen molar-refractivity contribution in [2.24, 2.45) is 0 Å². The molecule has 0 amide bonds. The summed E-state index contributed by atoms with van der Waals surface area (Å²) in [7, 11) is 2.10. The summed E-state index contributed by atoms with van der Waals surface area (Å²) in [6.07, 6.45) is 5.34. The lowest BCUT2D eigenvalue weighted by Gasteiger charge is -2.31. The monoisotopic (exact) mass is 290 g/mol. The van der Waals surface area contributed by atoms with E-state index >= 15 is 0 Å². The zero-order valence-electron chi connectivity index (χ0n) is 13.8. The van der Waals surface area contributed by atoms with E-state index in [0.29, 0.717) is 0 Å². The molecule has 0 aliphatic heterocycles. The highest BCUT2D eigenvalue weighted by atomic mass is 16.3. The first-order valence-electron chi connectivity index (χ1n) is 8.28. The van der Waals surface area contributed by atoms with Gasteiger partial charge in [0.15, 0.2) is 0 Å². The van der Waals surface area contributed by atoms with Crippen molar-refractivity contribution in [2.75, 3.05) is 25.0 Å². The van der Waals surface area contributed by atoms with Crippen LogP contribution in [0.3, 0.4) is 0 Å². The molecule has 2 rings (SSSR count). The van der Waals surface area contributed by atoms with Crippen LogP contribution >= 0.6 is 0 Å². The van der Waals surface area contributed by atoms with Gasteiger partial charge in [-0.05, 0) is 44.4 Å². The first-order chi connectivity index (χ1) is 10.0. The molecule has 1 aliphatic rings. The molecular formula is C18H30N2O. The number of likely N-dealkylation sites (N-methyl/N-ethyl adjacent to an activating group) is 1. The summed E-state index contributed by atoms with van der Waals surface area (Å²) >= 11 is 0. The summed E-state index contributed by atoms with van der Waals surface area (Å²) in [4.78, 5) is 2.23. The maximum absolute atomic E-state index is 10.6. The van der Waals surface area contributed by atoms with Gasteiger partial charge in [0.25, 0.3) is 0 Å². The fourth-order valence-corrected chi connectivity index (χ4v) is 3.35. The largest absolute Gasteiger partial charge is 0.388 e. The van der Waals surface area contributed by atoms with Gasteiger partial charge >= 0.3 is 0 Å². The average molecular weight is 290 g/mol. The predicted molar refractivity (Wildman–Crippen MR) is 89.9 cm³/mol. The summed E-state index contributed by atoms with van der Waals surface area (Å²) in [6.45, 7) is 7.00. The second kappa shape index (κ2) is 7.28. The van der Waals surface area contributed by atoms with Gasteiger partial charge in [-0.15, -0.1) is 0 Å². The Kier molecular flexibility index (Phi) is 5.65. The Morgan fingerprint density at radius 3 is 2.67 bits per heavy atom. The molecule has 1 aliphatic carbocycles. The molecule has 3 nitrogen and oxygen atoms in total. The van der Waals surface area contributed by atoms with Crippen LogP contribution in [0.2, 0.25) is 0 Å². The van der Waals surface area contributed by atoms with Gasteiger partial charge in [-0.1, -0.05) is 37.5 Å². The Morgan fingerprint density at radius 1 is 1.29 bits per heavy atom. The Hall–Kier alpha value is -1.06. The predicted octanol–water partition coefficient (Wildman–Crippen LogP) is 3.24. The molecule has 21 heavy (non-hydrogen) atoms.